The number of hydrogen-bond donors (Lipinski definition) is 2. The van der Waals surface area contributed by atoms with Gasteiger partial charge in [0, 0.05) is 23.3 Å². The van der Waals surface area contributed by atoms with Gasteiger partial charge in [0.1, 0.15) is 23.0 Å². The maximum Gasteiger partial charge on any atom is 1.00 e. The Kier molecular flexibility index (Phi) is 8.74. The number of phenols is 2. The Hall–Kier alpha value is -3.39. The molecule has 0 aliphatic heterocycles. The number of rotatable bonds is 8. The number of phenolic OH excluding ortho intramolecular Hbond substituents is 2. The standard InChI is InChI=1S/C26H19O8P.Na/c27-23-15-19(11-13-21(23)25(29)17-7-3-1-4-8-17)33-35(31,32)34-20-12-14-22(24(28)16-20)26(30)18-9-5-2-6-10-18;/h1-16,27-28H,(H,31,32);/q;+1/p-1. The van der Waals surface area contributed by atoms with Crippen LogP contribution < -0.4 is 43.5 Å². The van der Waals surface area contributed by atoms with Crippen molar-refractivity contribution in [2.24, 2.45) is 0 Å². The molecule has 8 nitrogen and oxygen atoms in total. The molecule has 0 aromatic heterocycles. The molecular weight excluding hydrogens is 494 g/mol. The van der Waals surface area contributed by atoms with Gasteiger partial charge in [-0.2, -0.15) is 0 Å². The van der Waals surface area contributed by atoms with E-state index in [9.17, 15) is 29.3 Å². The summed E-state index contributed by atoms with van der Waals surface area (Å²) in [7, 11) is -5.01. The number of benzene rings is 4. The summed E-state index contributed by atoms with van der Waals surface area (Å²) in [5, 5.41) is 20.4. The number of ketones is 2. The van der Waals surface area contributed by atoms with Crippen LogP contribution in [0, 0.1) is 0 Å². The van der Waals surface area contributed by atoms with E-state index in [2.05, 4.69) is 0 Å². The van der Waals surface area contributed by atoms with Crippen molar-refractivity contribution in [2.75, 3.05) is 0 Å². The van der Waals surface area contributed by atoms with Gasteiger partial charge < -0.3 is 24.2 Å². The molecule has 0 aliphatic rings. The zero-order valence-electron chi connectivity index (χ0n) is 19.0. The number of phosphoric acid groups is 1. The second-order valence-corrected chi connectivity index (χ2v) is 8.64. The first-order valence-electron chi connectivity index (χ1n) is 10.3. The van der Waals surface area contributed by atoms with E-state index in [1.54, 1.807) is 60.7 Å². The molecule has 0 saturated carbocycles. The number of aromatic hydroxyl groups is 2. The molecular formula is C26H18NaO8P. The zero-order valence-corrected chi connectivity index (χ0v) is 21.9. The SMILES string of the molecule is O=C(c1ccccc1)c1ccc(OP(=O)([O-])Oc2ccc(C(=O)c3ccccc3)c(O)c2)cc1O.[Na+]. The van der Waals surface area contributed by atoms with Gasteiger partial charge in [0.25, 0.3) is 0 Å². The average Bonchev–Trinajstić information content (AvgIpc) is 2.84. The summed E-state index contributed by atoms with van der Waals surface area (Å²) in [5.41, 5.74) is 0.634. The van der Waals surface area contributed by atoms with Crippen LogP contribution in [0.1, 0.15) is 31.8 Å². The normalized spacial score (nSPS) is 10.7. The van der Waals surface area contributed by atoms with Crippen molar-refractivity contribution >= 4 is 19.4 Å². The summed E-state index contributed by atoms with van der Waals surface area (Å²) in [6, 6.07) is 23.3. The summed E-state index contributed by atoms with van der Waals surface area (Å²) in [4.78, 5) is 37.4. The van der Waals surface area contributed by atoms with Crippen molar-refractivity contribution in [1.29, 1.82) is 0 Å². The summed E-state index contributed by atoms with van der Waals surface area (Å²) in [6.45, 7) is 0. The third-order valence-electron chi connectivity index (χ3n) is 4.93. The van der Waals surface area contributed by atoms with Crippen molar-refractivity contribution < 1.29 is 67.9 Å². The van der Waals surface area contributed by atoms with Gasteiger partial charge >= 0.3 is 37.4 Å². The van der Waals surface area contributed by atoms with Gasteiger partial charge in [-0.15, -0.1) is 0 Å². The van der Waals surface area contributed by atoms with Gasteiger partial charge in [-0.25, -0.2) is 4.57 Å². The van der Waals surface area contributed by atoms with Crippen LogP contribution in [0.5, 0.6) is 23.0 Å². The molecule has 176 valence electrons. The van der Waals surface area contributed by atoms with Crippen LogP contribution >= 0.6 is 7.82 Å². The van der Waals surface area contributed by atoms with Crippen LogP contribution in [-0.2, 0) is 4.57 Å². The minimum atomic E-state index is -5.01. The monoisotopic (exact) mass is 512 g/mol. The minimum absolute atomic E-state index is 0. The Morgan fingerprint density at radius 2 is 1.00 bits per heavy atom. The van der Waals surface area contributed by atoms with Gasteiger partial charge in [0.15, 0.2) is 11.6 Å². The topological polar surface area (TPSA) is 133 Å². The molecule has 0 aliphatic carbocycles. The van der Waals surface area contributed by atoms with Gasteiger partial charge in [0.05, 0.1) is 11.1 Å². The summed E-state index contributed by atoms with van der Waals surface area (Å²) >= 11 is 0. The van der Waals surface area contributed by atoms with E-state index >= 15 is 0 Å². The molecule has 4 aromatic rings. The smallest absolute Gasteiger partial charge is 0.736 e. The van der Waals surface area contributed by atoms with Crippen molar-refractivity contribution in [3.8, 4) is 23.0 Å². The quantitative estimate of drug-likeness (QED) is 0.206. The van der Waals surface area contributed by atoms with Crippen LogP contribution in [-0.4, -0.2) is 21.8 Å². The van der Waals surface area contributed by atoms with Gasteiger partial charge in [-0.05, 0) is 24.3 Å². The summed E-state index contributed by atoms with van der Waals surface area (Å²) < 4.78 is 22.1. The molecule has 2 N–H and O–H groups in total. The largest absolute Gasteiger partial charge is 1.00 e. The van der Waals surface area contributed by atoms with Gasteiger partial charge in [-0.1, -0.05) is 60.7 Å². The van der Waals surface area contributed by atoms with E-state index < -0.39 is 30.9 Å². The molecule has 0 radical (unpaired) electrons. The first kappa shape index (κ1) is 27.2. The third-order valence-corrected chi connectivity index (χ3v) is 5.80. The Morgan fingerprint density at radius 1 is 0.639 bits per heavy atom. The number of hydrogen-bond acceptors (Lipinski definition) is 8. The number of phosphoric ester groups is 1. The molecule has 0 fully saturated rings. The summed E-state index contributed by atoms with van der Waals surface area (Å²) in [5.74, 6) is -2.42. The molecule has 0 saturated heterocycles. The first-order valence-corrected chi connectivity index (χ1v) is 11.8. The van der Waals surface area contributed by atoms with Crippen LogP contribution in [0.2, 0.25) is 0 Å². The zero-order chi connectivity index (χ0) is 25.0. The van der Waals surface area contributed by atoms with E-state index in [-0.39, 0.29) is 52.2 Å². The maximum absolute atomic E-state index is 12.5. The van der Waals surface area contributed by atoms with E-state index in [4.69, 9.17) is 9.05 Å². The van der Waals surface area contributed by atoms with Crippen LogP contribution in [0.15, 0.2) is 97.1 Å². The second-order valence-electron chi connectivity index (χ2n) is 7.38. The molecule has 0 bridgehead atoms. The Bertz CT molecular complexity index is 1330. The first-order chi connectivity index (χ1) is 16.7. The Labute approximate surface area is 228 Å². The number of carbonyl (C=O) groups is 2. The Balaban J connectivity index is 0.00000361. The molecule has 0 unspecified atom stereocenters. The fraction of sp³-hybridized carbons (Fsp3) is 0. The maximum atomic E-state index is 12.5. The van der Waals surface area contributed by atoms with Crippen LogP contribution in [0.25, 0.3) is 0 Å². The predicted molar refractivity (Wildman–Crippen MR) is 125 cm³/mol. The van der Waals surface area contributed by atoms with Crippen LogP contribution in [0.3, 0.4) is 0 Å². The molecule has 0 heterocycles. The van der Waals surface area contributed by atoms with E-state index in [0.717, 1.165) is 12.1 Å². The average molecular weight is 512 g/mol. The van der Waals surface area contributed by atoms with Gasteiger partial charge in [-0.3, -0.25) is 9.59 Å². The summed E-state index contributed by atoms with van der Waals surface area (Å²) in [6.07, 6.45) is 0. The molecule has 0 spiro atoms. The van der Waals surface area contributed by atoms with E-state index in [0.29, 0.717) is 11.1 Å². The van der Waals surface area contributed by atoms with E-state index in [1.807, 2.05) is 0 Å². The van der Waals surface area contributed by atoms with Crippen molar-refractivity contribution in [3.63, 3.8) is 0 Å². The Morgan fingerprint density at radius 3 is 1.33 bits per heavy atom. The molecule has 10 heteroatoms. The molecule has 0 atom stereocenters. The van der Waals surface area contributed by atoms with Crippen LogP contribution in [0.4, 0.5) is 0 Å². The number of carbonyl (C=O) groups excluding carboxylic acids is 2. The van der Waals surface area contributed by atoms with E-state index in [1.165, 1.54) is 24.3 Å². The molecule has 36 heavy (non-hydrogen) atoms. The minimum Gasteiger partial charge on any atom is -0.736 e. The fourth-order valence-corrected chi connectivity index (χ4v) is 4.07. The molecule has 4 rings (SSSR count). The van der Waals surface area contributed by atoms with Crippen molar-refractivity contribution in [2.45, 2.75) is 0 Å². The predicted octanol–water partition coefficient (Wildman–Crippen LogP) is 1.49. The molecule has 4 aromatic carbocycles. The van der Waals surface area contributed by atoms with Crippen molar-refractivity contribution in [1.82, 2.24) is 0 Å². The fourth-order valence-electron chi connectivity index (χ4n) is 3.29. The van der Waals surface area contributed by atoms with Crippen molar-refractivity contribution in [3.05, 3.63) is 119 Å². The van der Waals surface area contributed by atoms with Gasteiger partial charge in [0.2, 0.25) is 0 Å². The third kappa shape index (κ3) is 6.43. The second kappa shape index (κ2) is 11.6. The molecule has 0 amide bonds.